The fourth-order valence-corrected chi connectivity index (χ4v) is 1.80. The van der Waals surface area contributed by atoms with Gasteiger partial charge in [0.1, 0.15) is 22.9 Å². The fraction of sp³-hybridized carbons (Fsp3) is 0.0625. The van der Waals surface area contributed by atoms with Gasteiger partial charge >= 0.3 is 5.97 Å². The van der Waals surface area contributed by atoms with Gasteiger partial charge in [0.15, 0.2) is 0 Å². The molecule has 3 nitrogen and oxygen atoms in total. The molecule has 0 N–H and O–H groups in total. The topological polar surface area (TPSA) is 35.5 Å². The molecule has 2 rings (SSSR count). The summed E-state index contributed by atoms with van der Waals surface area (Å²) in [4.78, 5) is 12.2. The molecule has 20 heavy (non-hydrogen) atoms. The van der Waals surface area contributed by atoms with E-state index in [0.29, 0.717) is 5.75 Å². The van der Waals surface area contributed by atoms with Gasteiger partial charge in [0.2, 0.25) is 0 Å². The van der Waals surface area contributed by atoms with E-state index >= 15 is 0 Å². The predicted molar refractivity (Wildman–Crippen MR) is 74.4 cm³/mol. The third kappa shape index (κ3) is 2.69. The number of methoxy groups -OCH3 is 1. The summed E-state index contributed by atoms with van der Waals surface area (Å²) in [5.41, 5.74) is 0.0802. The van der Waals surface area contributed by atoms with Crippen LogP contribution in [0.1, 0.15) is 15.9 Å². The van der Waals surface area contributed by atoms with E-state index < -0.39 is 11.8 Å². The average Bonchev–Trinajstić information content (AvgIpc) is 2.47. The van der Waals surface area contributed by atoms with Crippen LogP contribution in [0.4, 0.5) is 4.39 Å². The number of carbonyl (C=O) groups excluding carboxylic acids is 1. The van der Waals surface area contributed by atoms with Crippen molar-refractivity contribution >= 4 is 12.0 Å². The average molecular weight is 272 g/mol. The number of hydrogen-bond acceptors (Lipinski definition) is 3. The van der Waals surface area contributed by atoms with E-state index in [4.69, 9.17) is 9.47 Å². The Morgan fingerprint density at radius 3 is 2.50 bits per heavy atom. The predicted octanol–water partition coefficient (Wildman–Crippen LogP) is 3.70. The van der Waals surface area contributed by atoms with Crippen LogP contribution in [-0.4, -0.2) is 13.1 Å². The van der Waals surface area contributed by atoms with Crippen LogP contribution in [0.3, 0.4) is 0 Å². The van der Waals surface area contributed by atoms with Crippen molar-refractivity contribution < 1.29 is 18.7 Å². The molecule has 0 unspecified atom stereocenters. The van der Waals surface area contributed by atoms with Gasteiger partial charge in [-0.15, -0.1) is 0 Å². The Morgan fingerprint density at radius 1 is 1.20 bits per heavy atom. The Bertz CT molecular complexity index is 636. The van der Waals surface area contributed by atoms with E-state index in [1.54, 1.807) is 30.3 Å². The van der Waals surface area contributed by atoms with Gasteiger partial charge in [-0.2, -0.15) is 0 Å². The highest BCUT2D eigenvalue weighted by atomic mass is 19.1. The number of rotatable bonds is 4. The van der Waals surface area contributed by atoms with Crippen LogP contribution in [-0.2, 0) is 0 Å². The number of halogens is 1. The molecule has 0 aromatic heterocycles. The van der Waals surface area contributed by atoms with Crippen LogP contribution in [0.15, 0.2) is 49.0 Å². The molecule has 0 heterocycles. The van der Waals surface area contributed by atoms with Gasteiger partial charge in [0.25, 0.3) is 0 Å². The summed E-state index contributed by atoms with van der Waals surface area (Å²) in [6.45, 7) is 3.51. The van der Waals surface area contributed by atoms with Crippen LogP contribution in [0.25, 0.3) is 6.08 Å². The Hall–Kier alpha value is -2.62. The van der Waals surface area contributed by atoms with Crippen molar-refractivity contribution in [3.63, 3.8) is 0 Å². The molecule has 2 aromatic carbocycles. The lowest BCUT2D eigenvalue weighted by Gasteiger charge is -2.12. The minimum atomic E-state index is -0.692. The fourth-order valence-electron chi connectivity index (χ4n) is 1.80. The molecule has 0 aliphatic heterocycles. The molecule has 0 aliphatic carbocycles. The molecule has 0 amide bonds. The molecule has 0 saturated carbocycles. The van der Waals surface area contributed by atoms with Crippen molar-refractivity contribution in [3.05, 3.63) is 66.0 Å². The Morgan fingerprint density at radius 2 is 1.90 bits per heavy atom. The summed E-state index contributed by atoms with van der Waals surface area (Å²) in [5, 5.41) is 0. The standard InChI is InChI=1S/C16H13FO3/c1-3-12-13(17)9-10-14(19-2)15(12)16(18)20-11-7-5-4-6-8-11/h3-10H,1H2,2H3. The van der Waals surface area contributed by atoms with Crippen LogP contribution in [0.5, 0.6) is 11.5 Å². The number of esters is 1. The molecule has 4 heteroatoms. The maximum absolute atomic E-state index is 13.7. The number of benzene rings is 2. The van der Waals surface area contributed by atoms with Gasteiger partial charge in [-0.25, -0.2) is 9.18 Å². The highest BCUT2D eigenvalue weighted by molar-refractivity contribution is 5.97. The maximum Gasteiger partial charge on any atom is 0.348 e. The first kappa shape index (κ1) is 13.8. The maximum atomic E-state index is 13.7. The second-order valence-electron chi connectivity index (χ2n) is 3.95. The summed E-state index contributed by atoms with van der Waals surface area (Å²) >= 11 is 0. The third-order valence-corrected chi connectivity index (χ3v) is 2.74. The molecule has 0 bridgehead atoms. The van der Waals surface area contributed by atoms with Crippen LogP contribution in [0, 0.1) is 5.82 Å². The van der Waals surface area contributed by atoms with E-state index in [2.05, 4.69) is 6.58 Å². The monoisotopic (exact) mass is 272 g/mol. The second-order valence-corrected chi connectivity index (χ2v) is 3.95. The lowest BCUT2D eigenvalue weighted by Crippen LogP contribution is -2.13. The van der Waals surface area contributed by atoms with Gasteiger partial charge in [-0.1, -0.05) is 30.9 Å². The summed E-state index contributed by atoms with van der Waals surface area (Å²) in [6.07, 6.45) is 1.26. The van der Waals surface area contributed by atoms with Crippen LogP contribution < -0.4 is 9.47 Å². The zero-order valence-electron chi connectivity index (χ0n) is 10.9. The van der Waals surface area contributed by atoms with E-state index in [1.807, 2.05) is 0 Å². The smallest absolute Gasteiger partial charge is 0.348 e. The van der Waals surface area contributed by atoms with Gasteiger partial charge < -0.3 is 9.47 Å². The number of para-hydroxylation sites is 1. The molecular formula is C16H13FO3. The molecule has 0 atom stereocenters. The molecular weight excluding hydrogens is 259 g/mol. The van der Waals surface area contributed by atoms with Crippen LogP contribution in [0.2, 0.25) is 0 Å². The van der Waals surface area contributed by atoms with E-state index in [-0.39, 0.29) is 16.9 Å². The van der Waals surface area contributed by atoms with Gasteiger partial charge in [0, 0.05) is 5.56 Å². The minimum Gasteiger partial charge on any atom is -0.496 e. The third-order valence-electron chi connectivity index (χ3n) is 2.74. The van der Waals surface area contributed by atoms with Crippen molar-refractivity contribution in [2.24, 2.45) is 0 Å². The van der Waals surface area contributed by atoms with Crippen LogP contribution >= 0.6 is 0 Å². The molecule has 0 radical (unpaired) electrons. The number of ether oxygens (including phenoxy) is 2. The van der Waals surface area contributed by atoms with Gasteiger partial charge in [-0.3, -0.25) is 0 Å². The molecule has 102 valence electrons. The first-order chi connectivity index (χ1) is 9.67. The SMILES string of the molecule is C=Cc1c(F)ccc(OC)c1C(=O)Oc1ccccc1. The summed E-state index contributed by atoms with van der Waals surface area (Å²) < 4.78 is 24.0. The van der Waals surface area contributed by atoms with Gasteiger partial charge in [0.05, 0.1) is 7.11 Å². The summed E-state index contributed by atoms with van der Waals surface area (Å²) in [5.74, 6) is -0.635. The lowest BCUT2D eigenvalue weighted by molar-refractivity contribution is 0.0730. The first-order valence-corrected chi connectivity index (χ1v) is 5.93. The highest BCUT2D eigenvalue weighted by Gasteiger charge is 2.21. The minimum absolute atomic E-state index is 0.0198. The zero-order valence-corrected chi connectivity index (χ0v) is 10.9. The van der Waals surface area contributed by atoms with Gasteiger partial charge in [-0.05, 0) is 24.3 Å². The second kappa shape index (κ2) is 6.02. The zero-order chi connectivity index (χ0) is 14.5. The van der Waals surface area contributed by atoms with E-state index in [9.17, 15) is 9.18 Å². The molecule has 0 fully saturated rings. The molecule has 2 aromatic rings. The quantitative estimate of drug-likeness (QED) is 0.629. The van der Waals surface area contributed by atoms with Crippen molar-refractivity contribution in [3.8, 4) is 11.5 Å². The molecule has 0 saturated heterocycles. The highest BCUT2D eigenvalue weighted by Crippen LogP contribution is 2.27. The van der Waals surface area contributed by atoms with Crippen molar-refractivity contribution in [1.29, 1.82) is 0 Å². The van der Waals surface area contributed by atoms with Crippen molar-refractivity contribution in [2.75, 3.05) is 7.11 Å². The summed E-state index contributed by atoms with van der Waals surface area (Å²) in [7, 11) is 1.40. The van der Waals surface area contributed by atoms with E-state index in [1.165, 1.54) is 25.3 Å². The largest absolute Gasteiger partial charge is 0.496 e. The lowest BCUT2D eigenvalue weighted by atomic mass is 10.1. The van der Waals surface area contributed by atoms with Crippen molar-refractivity contribution in [1.82, 2.24) is 0 Å². The first-order valence-electron chi connectivity index (χ1n) is 5.93. The molecule has 0 spiro atoms. The summed E-state index contributed by atoms with van der Waals surface area (Å²) in [6, 6.07) is 11.1. The number of hydrogen-bond donors (Lipinski definition) is 0. The number of carbonyl (C=O) groups is 1. The molecule has 0 aliphatic rings. The van der Waals surface area contributed by atoms with E-state index in [0.717, 1.165) is 0 Å². The van der Waals surface area contributed by atoms with Crippen molar-refractivity contribution in [2.45, 2.75) is 0 Å². The normalized spacial score (nSPS) is 9.90. The Labute approximate surface area is 116 Å². The Balaban J connectivity index is 2.43. The Kier molecular flexibility index (Phi) is 4.15.